The van der Waals surface area contributed by atoms with Crippen LogP contribution in [-0.4, -0.2) is 208 Å². The van der Waals surface area contributed by atoms with Crippen molar-refractivity contribution in [2.75, 3.05) is 145 Å². The molecule has 6 aromatic carbocycles. The van der Waals surface area contributed by atoms with Gasteiger partial charge in [0.15, 0.2) is 0 Å². The Kier molecular flexibility index (Phi) is 33.6. The number of likely N-dealkylation sites (N-methyl/N-ethyl adjacent to an activating group) is 2. The van der Waals surface area contributed by atoms with Gasteiger partial charge in [0.05, 0.1) is 111 Å². The van der Waals surface area contributed by atoms with E-state index in [1.165, 1.54) is 61.0 Å². The molecule has 720 valence electrons. The van der Waals surface area contributed by atoms with Gasteiger partial charge in [-0.2, -0.15) is 15.0 Å². The highest BCUT2D eigenvalue weighted by Crippen LogP contribution is 2.50. The van der Waals surface area contributed by atoms with Crippen LogP contribution >= 0.6 is 69.6 Å². The van der Waals surface area contributed by atoms with Crippen molar-refractivity contribution in [2.45, 2.75) is 78.9 Å². The number of para-hydroxylation sites is 3. The number of carbonyl (C=O) groups is 2. The molecule has 0 atom stereocenters. The van der Waals surface area contributed by atoms with E-state index in [-0.39, 0.29) is 151 Å². The Bertz CT molecular complexity index is 6750. The molecule has 3 saturated heterocycles. The van der Waals surface area contributed by atoms with Gasteiger partial charge in [0.1, 0.15) is 62.8 Å². The van der Waals surface area contributed by atoms with Gasteiger partial charge in [-0.05, 0) is 159 Å². The van der Waals surface area contributed by atoms with E-state index in [1.54, 1.807) is 124 Å². The molecule has 9 heterocycles. The molecule has 3 aliphatic heterocycles. The van der Waals surface area contributed by atoms with Gasteiger partial charge in [0, 0.05) is 153 Å². The minimum Gasteiger partial charge on any atom is -0.495 e. The maximum Gasteiger partial charge on any atom is 0.293 e. The summed E-state index contributed by atoms with van der Waals surface area (Å²) in [6.07, 6.45) is 16.2. The molecule has 0 aliphatic carbocycles. The maximum atomic E-state index is 14.5. The van der Waals surface area contributed by atoms with Gasteiger partial charge in [-0.3, -0.25) is 57.9 Å². The van der Waals surface area contributed by atoms with Crippen molar-refractivity contribution >= 4 is 166 Å². The SMILES string of the molecule is COc1cc(OC)c(Cl)c(-c2cc3cnc(Nc4c(C)cccc4N)nc3n(CC3CCN(C(=O)/C=C/CN(C)C)CC3)c2=O)c1Cl.COc1cc(OC)c(Cl)c(-c2cc3cnc(Nc4c(C)cccc4[N+](=O)[O-])nc3n(CC3CCN(C(=O)/C=C/CN(C)C)CC3)c2=O)c1Cl.COc1cc(OC)c(Cl)c(-c2cc3cnc(Nc4c(C)cccc4[N+](=O)[O-])nc3n(CC3CCNCC3)c2=O)c1Cl. The number of aromatic nitrogens is 9. The molecule has 0 radical (unpaired) electrons. The fraction of sp³-hybridized carbons (Fsp3) is 0.344. The Hall–Kier alpha value is -13.0. The number of hydrogen-bond acceptors (Lipinski definition) is 28. The van der Waals surface area contributed by atoms with E-state index in [0.29, 0.717) is 155 Å². The van der Waals surface area contributed by atoms with Crippen LogP contribution in [0.1, 0.15) is 55.2 Å². The van der Waals surface area contributed by atoms with Crippen molar-refractivity contribution in [3.63, 3.8) is 0 Å². The minimum atomic E-state index is -0.483. The predicted octanol–water partition coefficient (Wildman–Crippen LogP) is 17.6. The van der Waals surface area contributed by atoms with Gasteiger partial charge in [0.2, 0.25) is 29.7 Å². The van der Waals surface area contributed by atoms with Crippen LogP contribution in [0.4, 0.5) is 52.0 Å². The number of nitrogen functional groups attached to an aromatic ring is 1. The van der Waals surface area contributed by atoms with Gasteiger partial charge in [-0.15, -0.1) is 0 Å². The molecule has 3 fully saturated rings. The number of benzene rings is 6. The molecule has 35 nitrogen and oxygen atoms in total. The molecule has 0 bridgehead atoms. The number of nitrogens with two attached hydrogens (primary N) is 1. The number of hydrogen-bond donors (Lipinski definition) is 5. The van der Waals surface area contributed by atoms with E-state index in [9.17, 15) is 44.2 Å². The Morgan fingerprint density at radius 3 is 1.02 bits per heavy atom. The number of pyridine rings is 3. The fourth-order valence-electron chi connectivity index (χ4n) is 16.7. The van der Waals surface area contributed by atoms with Crippen LogP contribution in [0.25, 0.3) is 66.5 Å². The van der Waals surface area contributed by atoms with Gasteiger partial charge in [0.25, 0.3) is 28.1 Å². The number of likely N-dealkylation sites (tertiary alicyclic amines) is 2. The van der Waals surface area contributed by atoms with E-state index in [2.05, 4.69) is 41.2 Å². The molecule has 6 N–H and O–H groups in total. The fourth-order valence-corrected chi connectivity index (χ4v) is 18.8. The average Bonchev–Trinajstić information content (AvgIpc) is 0.755. The first-order chi connectivity index (χ1) is 65.7. The Morgan fingerprint density at radius 2 is 0.737 bits per heavy atom. The number of methoxy groups -OCH3 is 6. The normalized spacial score (nSPS) is 13.8. The summed E-state index contributed by atoms with van der Waals surface area (Å²) in [5.74, 6) is 2.60. The zero-order valence-electron chi connectivity index (χ0n) is 77.6. The molecule has 2 amide bonds. The van der Waals surface area contributed by atoms with Crippen molar-refractivity contribution in [3.05, 3.63) is 232 Å². The smallest absolute Gasteiger partial charge is 0.293 e. The van der Waals surface area contributed by atoms with Crippen molar-refractivity contribution in [3.8, 4) is 67.9 Å². The molecule has 0 unspecified atom stereocenters. The van der Waals surface area contributed by atoms with Crippen molar-refractivity contribution in [1.29, 1.82) is 0 Å². The monoisotopic (exact) mass is 1990 g/mol. The number of carbonyl (C=O) groups excluding carboxylic acids is 2. The van der Waals surface area contributed by atoms with E-state index >= 15 is 0 Å². The van der Waals surface area contributed by atoms with Crippen molar-refractivity contribution < 1.29 is 47.9 Å². The van der Waals surface area contributed by atoms with Gasteiger partial charge < -0.3 is 75.0 Å². The lowest BCUT2D eigenvalue weighted by atomic mass is 9.96. The van der Waals surface area contributed by atoms with Gasteiger partial charge in [-0.1, -0.05) is 118 Å². The van der Waals surface area contributed by atoms with E-state index < -0.39 is 15.4 Å². The second-order valence-electron chi connectivity index (χ2n) is 33.6. The summed E-state index contributed by atoms with van der Waals surface area (Å²) in [6.45, 7) is 11.8. The van der Waals surface area contributed by atoms with E-state index in [4.69, 9.17) is 114 Å². The number of halogens is 6. The quantitative estimate of drug-likeness (QED) is 0.0126. The first-order valence-electron chi connectivity index (χ1n) is 43.8. The van der Waals surface area contributed by atoms with Crippen molar-refractivity contribution in [2.24, 2.45) is 17.8 Å². The number of nitrogens with one attached hydrogen (secondary N) is 4. The number of nitrogens with zero attached hydrogens (tertiary/aromatic N) is 15. The van der Waals surface area contributed by atoms with Gasteiger partial charge in [-0.25, -0.2) is 15.0 Å². The zero-order chi connectivity index (χ0) is 98.5. The molecular formula is C96H104Cl6N20O15. The van der Waals surface area contributed by atoms with Crippen molar-refractivity contribution in [1.82, 2.24) is 68.5 Å². The lowest BCUT2D eigenvalue weighted by molar-refractivity contribution is -0.384. The summed E-state index contributed by atoms with van der Waals surface area (Å²) in [5.41, 5.74) is 11.5. The summed E-state index contributed by atoms with van der Waals surface area (Å²) in [4.78, 5) is 126. The Morgan fingerprint density at radius 1 is 0.453 bits per heavy atom. The maximum absolute atomic E-state index is 14.5. The number of amides is 2. The summed E-state index contributed by atoms with van der Waals surface area (Å²) < 4.78 is 37.5. The number of nitro benzene ring substituents is 2. The standard InChI is InChI=1S/C34H37Cl2N7O6.C34H39Cl2N7O4.C28H28Cl2N6O5/c1-20-8-6-9-24(43(46)47)31(20)38-34-37-18-22-16-23(28-29(35)25(48-4)17-26(49-5)30(28)36)33(45)42(32(22)39-34)19-21-11-14-41(15-12-21)27(44)10-7-13-40(2)3;1-20-8-6-9-24(37)31(20)39-34-38-18-22-16-23(28-29(35)25(46-4)17-26(47-5)30(28)36)33(45)43(32(22)40-34)19-21-11-14-42(15-12-21)27(44)10-7-13-41(2)3;1-15-5-4-6-19(36(38)39)25(15)33-28-32-13-17-11-18(22-23(29)20(40-2)12-21(41-3)24(22)30)27(37)35(26(17)34-28)14-16-7-9-31-10-8-16/h6-10,16-18,21H,11-15,19H2,1-5H3,(H,37,38,39);6-10,16-18,21H,11-15,19,37H2,1-5H3,(H,38,39,40);4-6,11-13,16,31H,7-10,14H2,1-3H3,(H,32,33,34)/b2*10-7+;. The lowest BCUT2D eigenvalue weighted by Crippen LogP contribution is -2.39. The number of aryl methyl sites for hydroxylation is 3. The number of ether oxygens (including phenoxy) is 6. The highest BCUT2D eigenvalue weighted by atomic mass is 35.5. The number of fused-ring (bicyclic) bond motifs is 3. The third kappa shape index (κ3) is 23.0. The highest BCUT2D eigenvalue weighted by Gasteiger charge is 2.33. The lowest BCUT2D eigenvalue weighted by Gasteiger charge is -2.32. The molecule has 0 spiro atoms. The van der Waals surface area contributed by atoms with E-state index in [0.717, 1.165) is 44.3 Å². The summed E-state index contributed by atoms with van der Waals surface area (Å²) >= 11 is 40.5. The molecule has 3 aliphatic rings. The Balaban J connectivity index is 0.000000174. The molecule has 0 saturated carbocycles. The summed E-state index contributed by atoms with van der Waals surface area (Å²) in [5, 5.41) is 38.6. The highest BCUT2D eigenvalue weighted by molar-refractivity contribution is 6.43. The third-order valence-electron chi connectivity index (χ3n) is 24.0. The third-order valence-corrected chi connectivity index (χ3v) is 26.3. The molecular weight excluding hydrogens is 1890 g/mol. The molecule has 137 heavy (non-hydrogen) atoms. The van der Waals surface area contributed by atoms with Gasteiger partial charge >= 0.3 is 0 Å². The average molecular weight is 1990 g/mol. The van der Waals surface area contributed by atoms with Crippen LogP contribution in [0.5, 0.6) is 34.5 Å². The zero-order valence-corrected chi connectivity index (χ0v) is 82.2. The first kappa shape index (κ1) is 101. The van der Waals surface area contributed by atoms with Crippen LogP contribution in [0, 0.1) is 58.8 Å². The second kappa shape index (κ2) is 45.3. The van der Waals surface area contributed by atoms with E-state index in [1.807, 2.05) is 74.1 Å². The number of piperidine rings is 3. The van der Waals surface area contributed by atoms with Crippen LogP contribution in [0.15, 0.2) is 148 Å². The van der Waals surface area contributed by atoms with Crippen LogP contribution in [0.2, 0.25) is 30.1 Å². The topological polar surface area (TPSA) is 406 Å². The largest absolute Gasteiger partial charge is 0.495 e. The summed E-state index contributed by atoms with van der Waals surface area (Å²) in [6, 6.07) is 24.7. The predicted molar refractivity (Wildman–Crippen MR) is 538 cm³/mol. The second-order valence-corrected chi connectivity index (χ2v) is 35.9. The number of rotatable bonds is 29. The Labute approximate surface area is 819 Å². The number of anilines is 7. The molecule has 6 aromatic heterocycles. The number of nitro groups is 2. The molecule has 12 aromatic rings. The summed E-state index contributed by atoms with van der Waals surface area (Å²) in [7, 11) is 16.6. The van der Waals surface area contributed by atoms with Crippen LogP contribution in [0.3, 0.4) is 0 Å². The minimum absolute atomic E-state index is 0.00916. The van der Waals surface area contributed by atoms with Crippen LogP contribution in [-0.2, 0) is 29.2 Å². The van der Waals surface area contributed by atoms with Crippen LogP contribution < -0.4 is 72.1 Å². The first-order valence-corrected chi connectivity index (χ1v) is 46.0. The molecule has 41 heteroatoms. The molecule has 15 rings (SSSR count).